The van der Waals surface area contributed by atoms with Crippen LogP contribution in [-0.2, 0) is 13.5 Å². The molecule has 0 aliphatic heterocycles. The highest BCUT2D eigenvalue weighted by molar-refractivity contribution is 6.30. The van der Waals surface area contributed by atoms with Gasteiger partial charge < -0.3 is 5.32 Å². The Balaban J connectivity index is 2.11. The predicted octanol–water partition coefficient (Wildman–Crippen LogP) is 2.31. The highest BCUT2D eigenvalue weighted by Gasteiger charge is 2.27. The Labute approximate surface area is 102 Å². The third-order valence-electron chi connectivity index (χ3n) is 3.78. The lowest BCUT2D eigenvalue weighted by Crippen LogP contribution is -2.39. The van der Waals surface area contributed by atoms with E-state index in [9.17, 15) is 0 Å². The molecule has 1 aromatic rings. The molecule has 90 valence electrons. The van der Waals surface area contributed by atoms with Gasteiger partial charge in [0.05, 0.1) is 5.69 Å². The van der Waals surface area contributed by atoms with Crippen LogP contribution in [0.5, 0.6) is 0 Å². The van der Waals surface area contributed by atoms with Crippen LogP contribution in [0.4, 0.5) is 0 Å². The molecule has 0 saturated heterocycles. The summed E-state index contributed by atoms with van der Waals surface area (Å²) in [6, 6.07) is 0.550. The Bertz CT molecular complexity index is 369. The molecule has 0 radical (unpaired) electrons. The lowest BCUT2D eigenvalue weighted by molar-refractivity contribution is 0.235. The summed E-state index contributed by atoms with van der Waals surface area (Å²) in [6.45, 7) is 2.04. The molecule has 1 aliphatic rings. The van der Waals surface area contributed by atoms with Crippen LogP contribution in [0, 0.1) is 12.8 Å². The summed E-state index contributed by atoms with van der Waals surface area (Å²) in [5.41, 5.74) is 2.27. The van der Waals surface area contributed by atoms with Gasteiger partial charge in [-0.1, -0.05) is 18.0 Å². The monoisotopic (exact) mass is 241 g/mol. The number of likely N-dealkylation sites (N-methyl/N-ethyl adjacent to an activating group) is 1. The van der Waals surface area contributed by atoms with E-state index in [0.717, 1.165) is 23.2 Å². The highest BCUT2D eigenvalue weighted by atomic mass is 35.5. The maximum absolute atomic E-state index is 6.25. The molecule has 16 heavy (non-hydrogen) atoms. The Morgan fingerprint density at radius 3 is 2.62 bits per heavy atom. The normalized spacial score (nSPS) is 18.5. The lowest BCUT2D eigenvalue weighted by Gasteiger charge is -2.33. The second kappa shape index (κ2) is 4.76. The van der Waals surface area contributed by atoms with Crippen LogP contribution < -0.4 is 5.32 Å². The van der Waals surface area contributed by atoms with Crippen LogP contribution >= 0.6 is 11.6 Å². The molecule has 1 atom stereocenters. The van der Waals surface area contributed by atoms with Crippen molar-refractivity contribution in [3.05, 3.63) is 16.4 Å². The zero-order chi connectivity index (χ0) is 11.7. The Morgan fingerprint density at radius 2 is 2.25 bits per heavy atom. The summed E-state index contributed by atoms with van der Waals surface area (Å²) in [5, 5.41) is 8.57. The molecule has 2 rings (SSSR count). The van der Waals surface area contributed by atoms with E-state index < -0.39 is 0 Å². The Hall–Kier alpha value is -0.540. The van der Waals surface area contributed by atoms with Gasteiger partial charge in [-0.25, -0.2) is 0 Å². The maximum Gasteiger partial charge on any atom is 0.130 e. The number of nitrogens with zero attached hydrogens (tertiary/aromatic N) is 2. The van der Waals surface area contributed by atoms with E-state index >= 15 is 0 Å². The summed E-state index contributed by atoms with van der Waals surface area (Å²) >= 11 is 6.25. The average Bonchev–Trinajstić information content (AvgIpc) is 2.40. The van der Waals surface area contributed by atoms with Gasteiger partial charge in [-0.2, -0.15) is 5.10 Å². The van der Waals surface area contributed by atoms with Gasteiger partial charge in [0, 0.05) is 18.7 Å². The summed E-state index contributed by atoms with van der Waals surface area (Å²) in [4.78, 5) is 0. The van der Waals surface area contributed by atoms with Gasteiger partial charge in [0.15, 0.2) is 0 Å². The van der Waals surface area contributed by atoms with Crippen LogP contribution in [-0.4, -0.2) is 22.9 Å². The van der Waals surface area contributed by atoms with Gasteiger partial charge in [0.25, 0.3) is 0 Å². The van der Waals surface area contributed by atoms with E-state index in [1.807, 2.05) is 21.0 Å². The molecule has 3 nitrogen and oxygen atoms in total. The van der Waals surface area contributed by atoms with Crippen LogP contribution in [0.25, 0.3) is 0 Å². The average molecular weight is 242 g/mol. The smallest absolute Gasteiger partial charge is 0.130 e. The summed E-state index contributed by atoms with van der Waals surface area (Å²) in [6.07, 6.45) is 5.08. The van der Waals surface area contributed by atoms with Crippen molar-refractivity contribution in [3.8, 4) is 0 Å². The van der Waals surface area contributed by atoms with Crippen molar-refractivity contribution in [2.75, 3.05) is 7.05 Å². The van der Waals surface area contributed by atoms with Crippen LogP contribution in [0.2, 0.25) is 5.15 Å². The first-order valence-electron chi connectivity index (χ1n) is 5.98. The Kier molecular flexibility index (Phi) is 3.55. The lowest BCUT2D eigenvalue weighted by atomic mass is 9.78. The number of aromatic nitrogens is 2. The molecule has 1 N–H and O–H groups in total. The second-order valence-corrected chi connectivity index (χ2v) is 5.13. The molecule has 0 spiro atoms. The fraction of sp³-hybridized carbons (Fsp3) is 0.750. The third kappa shape index (κ3) is 2.11. The van der Waals surface area contributed by atoms with Crippen molar-refractivity contribution < 1.29 is 0 Å². The molecular formula is C12H20ClN3. The molecule has 0 bridgehead atoms. The Morgan fingerprint density at radius 1 is 1.56 bits per heavy atom. The van der Waals surface area contributed by atoms with Crippen molar-refractivity contribution in [1.29, 1.82) is 0 Å². The fourth-order valence-corrected chi connectivity index (χ4v) is 2.72. The van der Waals surface area contributed by atoms with Gasteiger partial charge in [-0.3, -0.25) is 4.68 Å². The number of hydrogen-bond acceptors (Lipinski definition) is 2. The molecule has 4 heteroatoms. The topological polar surface area (TPSA) is 29.9 Å². The van der Waals surface area contributed by atoms with E-state index in [4.69, 9.17) is 11.6 Å². The van der Waals surface area contributed by atoms with Gasteiger partial charge in [-0.15, -0.1) is 0 Å². The second-order valence-electron chi connectivity index (χ2n) is 4.77. The van der Waals surface area contributed by atoms with Gasteiger partial charge in [0.1, 0.15) is 5.15 Å². The molecule has 0 aromatic carbocycles. The number of halogens is 1. The minimum atomic E-state index is 0.550. The number of hydrogen-bond donors (Lipinski definition) is 1. The third-order valence-corrected chi connectivity index (χ3v) is 4.26. The molecule has 1 aromatic heterocycles. The molecule has 0 amide bonds. The van der Waals surface area contributed by atoms with Gasteiger partial charge in [-0.05, 0) is 39.2 Å². The van der Waals surface area contributed by atoms with Crippen molar-refractivity contribution in [2.45, 2.75) is 38.6 Å². The van der Waals surface area contributed by atoms with Crippen molar-refractivity contribution in [2.24, 2.45) is 13.0 Å². The standard InChI is InChI=1S/C12H20ClN3/c1-8-10(12(13)16(3)15-8)7-11(14-2)9-5-4-6-9/h9,11,14H,4-7H2,1-3H3. The first-order chi connectivity index (χ1) is 7.63. The minimum absolute atomic E-state index is 0.550. The fourth-order valence-electron chi connectivity index (χ4n) is 2.47. The molecule has 1 heterocycles. The predicted molar refractivity (Wildman–Crippen MR) is 66.8 cm³/mol. The number of nitrogens with one attached hydrogen (secondary N) is 1. The summed E-state index contributed by atoms with van der Waals surface area (Å²) in [7, 11) is 3.94. The minimum Gasteiger partial charge on any atom is -0.316 e. The maximum atomic E-state index is 6.25. The van der Waals surface area contributed by atoms with Crippen LogP contribution in [0.3, 0.4) is 0 Å². The molecule has 1 saturated carbocycles. The quantitative estimate of drug-likeness (QED) is 0.877. The SMILES string of the molecule is CNC(Cc1c(C)nn(C)c1Cl)C1CCC1. The van der Waals surface area contributed by atoms with E-state index in [1.165, 1.54) is 24.8 Å². The summed E-state index contributed by atoms with van der Waals surface area (Å²) in [5.74, 6) is 0.820. The van der Waals surface area contributed by atoms with Gasteiger partial charge in [0.2, 0.25) is 0 Å². The van der Waals surface area contributed by atoms with Gasteiger partial charge >= 0.3 is 0 Å². The molecular weight excluding hydrogens is 222 g/mol. The largest absolute Gasteiger partial charge is 0.316 e. The zero-order valence-electron chi connectivity index (χ0n) is 10.3. The van der Waals surface area contributed by atoms with Crippen LogP contribution in [0.15, 0.2) is 0 Å². The van der Waals surface area contributed by atoms with Crippen molar-refractivity contribution >= 4 is 11.6 Å². The van der Waals surface area contributed by atoms with E-state index in [-0.39, 0.29) is 0 Å². The summed E-state index contributed by atoms with van der Waals surface area (Å²) < 4.78 is 1.76. The van der Waals surface area contributed by atoms with Crippen LogP contribution in [0.1, 0.15) is 30.5 Å². The first-order valence-corrected chi connectivity index (χ1v) is 6.36. The number of aryl methyl sites for hydroxylation is 2. The number of rotatable bonds is 4. The first kappa shape index (κ1) is 11.9. The van der Waals surface area contributed by atoms with E-state index in [2.05, 4.69) is 10.4 Å². The highest BCUT2D eigenvalue weighted by Crippen LogP contribution is 2.32. The zero-order valence-corrected chi connectivity index (χ0v) is 11.0. The van der Waals surface area contributed by atoms with E-state index in [1.54, 1.807) is 4.68 Å². The van der Waals surface area contributed by atoms with Crippen molar-refractivity contribution in [1.82, 2.24) is 15.1 Å². The van der Waals surface area contributed by atoms with E-state index in [0.29, 0.717) is 6.04 Å². The molecule has 1 fully saturated rings. The molecule has 1 unspecified atom stereocenters. The van der Waals surface area contributed by atoms with Crippen molar-refractivity contribution in [3.63, 3.8) is 0 Å². The molecule has 1 aliphatic carbocycles.